The highest BCUT2D eigenvalue weighted by Crippen LogP contribution is 2.28. The maximum atomic E-state index is 11.1. The SMILES string of the molecule is O=S1(=O)C[C@H]2ON=C(CO)[C@@H]2C1. The van der Waals surface area contributed by atoms with Crippen molar-refractivity contribution >= 4 is 15.5 Å². The van der Waals surface area contributed by atoms with Crippen molar-refractivity contribution in [1.29, 1.82) is 0 Å². The van der Waals surface area contributed by atoms with Gasteiger partial charge in [0.15, 0.2) is 15.9 Å². The van der Waals surface area contributed by atoms with Gasteiger partial charge in [0, 0.05) is 0 Å². The van der Waals surface area contributed by atoms with Crippen LogP contribution in [-0.4, -0.2) is 43.5 Å². The summed E-state index contributed by atoms with van der Waals surface area (Å²) in [7, 11) is -2.97. The van der Waals surface area contributed by atoms with Crippen LogP contribution < -0.4 is 0 Å². The summed E-state index contributed by atoms with van der Waals surface area (Å²) in [6, 6.07) is 0. The summed E-state index contributed by atoms with van der Waals surface area (Å²) in [4.78, 5) is 4.86. The number of aliphatic hydroxyl groups is 1. The van der Waals surface area contributed by atoms with Crippen molar-refractivity contribution in [3.63, 3.8) is 0 Å². The van der Waals surface area contributed by atoms with Crippen molar-refractivity contribution < 1.29 is 18.4 Å². The lowest BCUT2D eigenvalue weighted by Crippen LogP contribution is -2.23. The molecule has 0 bridgehead atoms. The maximum absolute atomic E-state index is 11.1. The molecule has 0 aliphatic carbocycles. The van der Waals surface area contributed by atoms with Gasteiger partial charge in [-0.15, -0.1) is 0 Å². The van der Waals surface area contributed by atoms with E-state index in [4.69, 9.17) is 9.94 Å². The zero-order valence-electron chi connectivity index (χ0n) is 6.30. The number of hydrogen-bond acceptors (Lipinski definition) is 5. The molecule has 5 nitrogen and oxygen atoms in total. The Kier molecular flexibility index (Phi) is 1.62. The number of rotatable bonds is 1. The average molecular weight is 191 g/mol. The number of sulfone groups is 1. The minimum Gasteiger partial charge on any atom is -0.391 e. The summed E-state index contributed by atoms with van der Waals surface area (Å²) in [6.07, 6.45) is -0.350. The van der Waals surface area contributed by atoms with Crippen LogP contribution in [0.4, 0.5) is 0 Å². The van der Waals surface area contributed by atoms with Crippen LogP contribution in [0.15, 0.2) is 5.16 Å². The van der Waals surface area contributed by atoms with Crippen molar-refractivity contribution in [2.24, 2.45) is 11.1 Å². The molecule has 2 rings (SSSR count). The van der Waals surface area contributed by atoms with Crippen LogP contribution in [-0.2, 0) is 14.7 Å². The van der Waals surface area contributed by atoms with Crippen LogP contribution >= 0.6 is 0 Å². The van der Waals surface area contributed by atoms with E-state index in [0.717, 1.165) is 0 Å². The lowest BCUT2D eigenvalue weighted by molar-refractivity contribution is 0.0882. The molecule has 0 radical (unpaired) electrons. The topological polar surface area (TPSA) is 76.0 Å². The van der Waals surface area contributed by atoms with Crippen molar-refractivity contribution in [2.75, 3.05) is 18.1 Å². The first kappa shape index (κ1) is 8.00. The zero-order chi connectivity index (χ0) is 8.77. The van der Waals surface area contributed by atoms with Gasteiger partial charge in [-0.2, -0.15) is 0 Å². The smallest absolute Gasteiger partial charge is 0.154 e. The van der Waals surface area contributed by atoms with Gasteiger partial charge < -0.3 is 9.94 Å². The second-order valence-corrected chi connectivity index (χ2v) is 5.22. The summed E-state index contributed by atoms with van der Waals surface area (Å²) in [5.74, 6) is -0.109. The van der Waals surface area contributed by atoms with Gasteiger partial charge in [0.2, 0.25) is 0 Å². The third-order valence-electron chi connectivity index (χ3n) is 2.20. The highest BCUT2D eigenvalue weighted by atomic mass is 32.2. The number of fused-ring (bicyclic) bond motifs is 1. The molecule has 1 saturated heterocycles. The molecule has 6 heteroatoms. The van der Waals surface area contributed by atoms with E-state index in [1.807, 2.05) is 0 Å². The van der Waals surface area contributed by atoms with Crippen LogP contribution in [0.25, 0.3) is 0 Å². The molecule has 12 heavy (non-hydrogen) atoms. The van der Waals surface area contributed by atoms with Gasteiger partial charge in [0.1, 0.15) is 0 Å². The predicted molar refractivity (Wildman–Crippen MR) is 41.5 cm³/mol. The fourth-order valence-electron chi connectivity index (χ4n) is 1.58. The molecule has 0 amide bonds. The summed E-state index contributed by atoms with van der Waals surface area (Å²) < 4.78 is 22.2. The van der Waals surface area contributed by atoms with E-state index in [9.17, 15) is 8.42 Å². The summed E-state index contributed by atoms with van der Waals surface area (Å²) in [5, 5.41) is 12.4. The van der Waals surface area contributed by atoms with Gasteiger partial charge in [0.25, 0.3) is 0 Å². The molecule has 2 atom stereocenters. The Balaban J connectivity index is 2.23. The van der Waals surface area contributed by atoms with E-state index >= 15 is 0 Å². The Bertz CT molecular complexity index is 320. The molecule has 0 aromatic carbocycles. The van der Waals surface area contributed by atoms with E-state index in [1.165, 1.54) is 0 Å². The van der Waals surface area contributed by atoms with Crippen LogP contribution in [0.3, 0.4) is 0 Å². The fraction of sp³-hybridized carbons (Fsp3) is 0.833. The third kappa shape index (κ3) is 1.11. The zero-order valence-corrected chi connectivity index (χ0v) is 7.12. The lowest BCUT2D eigenvalue weighted by Gasteiger charge is -2.03. The number of oxime groups is 1. The van der Waals surface area contributed by atoms with Gasteiger partial charge >= 0.3 is 0 Å². The first-order valence-corrected chi connectivity index (χ1v) is 5.48. The highest BCUT2D eigenvalue weighted by Gasteiger charge is 2.45. The van der Waals surface area contributed by atoms with Crippen molar-refractivity contribution in [3.05, 3.63) is 0 Å². The van der Waals surface area contributed by atoms with Gasteiger partial charge in [0.05, 0.1) is 29.7 Å². The molecular formula is C6H9NO4S. The van der Waals surface area contributed by atoms with Crippen LogP contribution in [0.1, 0.15) is 0 Å². The first-order chi connectivity index (χ1) is 5.62. The number of aliphatic hydroxyl groups excluding tert-OH is 1. The van der Waals surface area contributed by atoms with Crippen molar-refractivity contribution in [1.82, 2.24) is 0 Å². The van der Waals surface area contributed by atoms with Gasteiger partial charge in [-0.05, 0) is 0 Å². The molecule has 0 spiro atoms. The van der Waals surface area contributed by atoms with E-state index in [1.54, 1.807) is 0 Å². The molecule has 2 heterocycles. The van der Waals surface area contributed by atoms with E-state index in [0.29, 0.717) is 5.71 Å². The normalized spacial score (nSPS) is 37.2. The maximum Gasteiger partial charge on any atom is 0.154 e. The molecule has 2 aliphatic rings. The minimum atomic E-state index is -2.97. The summed E-state index contributed by atoms with van der Waals surface area (Å²) in [5.41, 5.74) is 0.459. The molecular weight excluding hydrogens is 182 g/mol. The average Bonchev–Trinajstić information content (AvgIpc) is 2.42. The second-order valence-electron chi connectivity index (χ2n) is 3.07. The van der Waals surface area contributed by atoms with E-state index < -0.39 is 9.84 Å². The molecule has 2 aliphatic heterocycles. The lowest BCUT2D eigenvalue weighted by atomic mass is 10.0. The van der Waals surface area contributed by atoms with E-state index in [2.05, 4.69) is 5.16 Å². The fourth-order valence-corrected chi connectivity index (χ4v) is 3.46. The molecule has 0 saturated carbocycles. The number of hydrogen-bond donors (Lipinski definition) is 1. The largest absolute Gasteiger partial charge is 0.391 e. The molecule has 1 N–H and O–H groups in total. The van der Waals surface area contributed by atoms with Crippen LogP contribution in [0.2, 0.25) is 0 Å². The van der Waals surface area contributed by atoms with Crippen LogP contribution in [0, 0.1) is 5.92 Å². The Labute approximate surface area is 69.9 Å². The number of nitrogens with zero attached hydrogens (tertiary/aromatic N) is 1. The Morgan fingerprint density at radius 1 is 1.58 bits per heavy atom. The molecule has 1 fully saturated rings. The van der Waals surface area contributed by atoms with Crippen LogP contribution in [0.5, 0.6) is 0 Å². The molecule has 0 unspecified atom stereocenters. The first-order valence-electron chi connectivity index (χ1n) is 3.66. The Morgan fingerprint density at radius 2 is 2.33 bits per heavy atom. The van der Waals surface area contributed by atoms with Crippen molar-refractivity contribution in [2.45, 2.75) is 6.10 Å². The minimum absolute atomic E-state index is 0.0324. The van der Waals surface area contributed by atoms with E-state index in [-0.39, 0.29) is 30.1 Å². The van der Waals surface area contributed by atoms with Gasteiger partial charge in [-0.3, -0.25) is 0 Å². The Morgan fingerprint density at radius 3 is 3.00 bits per heavy atom. The predicted octanol–water partition coefficient (Wildman–Crippen LogP) is -1.22. The van der Waals surface area contributed by atoms with Gasteiger partial charge in [-0.25, -0.2) is 8.42 Å². The quantitative estimate of drug-likeness (QED) is 0.563. The standard InChI is InChI=1S/C6H9NO4S/c8-1-5-4-2-12(9,10)3-6(4)11-7-5/h4,6,8H,1-3H2/t4-,6+/m0/s1. The van der Waals surface area contributed by atoms with Crippen molar-refractivity contribution in [3.8, 4) is 0 Å². The summed E-state index contributed by atoms with van der Waals surface area (Å²) in [6.45, 7) is -0.212. The monoisotopic (exact) mass is 191 g/mol. The second kappa shape index (κ2) is 2.43. The molecule has 0 aromatic rings. The molecule has 68 valence electrons. The Hall–Kier alpha value is -0.620. The van der Waals surface area contributed by atoms with Gasteiger partial charge in [-0.1, -0.05) is 5.16 Å². The molecule has 0 aromatic heterocycles. The highest BCUT2D eigenvalue weighted by molar-refractivity contribution is 7.91. The summed E-state index contributed by atoms with van der Waals surface area (Å²) >= 11 is 0. The third-order valence-corrected chi connectivity index (χ3v) is 3.90.